The number of carbonyl (C=O) groups excluding carboxylic acids is 1. The van der Waals surface area contributed by atoms with Crippen molar-refractivity contribution in [1.82, 2.24) is 10.2 Å². The van der Waals surface area contributed by atoms with Gasteiger partial charge < -0.3 is 14.8 Å². The van der Waals surface area contributed by atoms with Crippen LogP contribution in [0.25, 0.3) is 0 Å². The Morgan fingerprint density at radius 3 is 2.74 bits per heavy atom. The van der Waals surface area contributed by atoms with E-state index in [4.69, 9.17) is 9.47 Å². The molecule has 2 rings (SSSR count). The quantitative estimate of drug-likeness (QED) is 0.831. The van der Waals surface area contributed by atoms with Crippen molar-refractivity contribution >= 4 is 5.91 Å². The van der Waals surface area contributed by atoms with Crippen LogP contribution in [0.15, 0.2) is 24.3 Å². The van der Waals surface area contributed by atoms with Crippen LogP contribution in [-0.2, 0) is 16.0 Å². The van der Waals surface area contributed by atoms with E-state index in [1.165, 1.54) is 0 Å². The van der Waals surface area contributed by atoms with Gasteiger partial charge in [0.1, 0.15) is 5.75 Å². The Hall–Kier alpha value is -1.59. The lowest BCUT2D eigenvalue weighted by Gasteiger charge is -2.36. The van der Waals surface area contributed by atoms with E-state index in [1.54, 1.807) is 7.11 Å². The second-order valence-electron chi connectivity index (χ2n) is 6.29. The molecule has 1 saturated heterocycles. The van der Waals surface area contributed by atoms with E-state index in [9.17, 15) is 4.79 Å². The van der Waals surface area contributed by atoms with Gasteiger partial charge in [0.15, 0.2) is 0 Å². The smallest absolute Gasteiger partial charge is 0.224 e. The van der Waals surface area contributed by atoms with E-state index in [-0.39, 0.29) is 5.91 Å². The van der Waals surface area contributed by atoms with Crippen molar-refractivity contribution in [2.75, 3.05) is 40.0 Å². The maximum absolute atomic E-state index is 12.2. The van der Waals surface area contributed by atoms with Crippen molar-refractivity contribution < 1.29 is 14.3 Å². The van der Waals surface area contributed by atoms with E-state index in [2.05, 4.69) is 24.1 Å². The van der Waals surface area contributed by atoms with Gasteiger partial charge in [0, 0.05) is 25.7 Å². The zero-order chi connectivity index (χ0) is 16.7. The zero-order valence-corrected chi connectivity index (χ0v) is 14.4. The van der Waals surface area contributed by atoms with Gasteiger partial charge >= 0.3 is 0 Å². The summed E-state index contributed by atoms with van der Waals surface area (Å²) in [5.74, 6) is 1.33. The molecule has 1 fully saturated rings. The number of hydrogen-bond donors (Lipinski definition) is 1. The molecule has 0 spiro atoms. The van der Waals surface area contributed by atoms with Crippen molar-refractivity contribution in [2.24, 2.45) is 5.92 Å². The first-order valence-electron chi connectivity index (χ1n) is 8.31. The summed E-state index contributed by atoms with van der Waals surface area (Å²) in [6.07, 6.45) is 0.380. The number of nitrogens with one attached hydrogen (secondary N) is 1. The topological polar surface area (TPSA) is 50.8 Å². The average molecular weight is 320 g/mol. The van der Waals surface area contributed by atoms with Crippen molar-refractivity contribution in [3.63, 3.8) is 0 Å². The molecular weight excluding hydrogens is 292 g/mol. The summed E-state index contributed by atoms with van der Waals surface area (Å²) >= 11 is 0. The molecule has 1 amide bonds. The first kappa shape index (κ1) is 17.8. The predicted molar refractivity (Wildman–Crippen MR) is 90.7 cm³/mol. The number of hydrogen-bond acceptors (Lipinski definition) is 4. The molecule has 1 heterocycles. The summed E-state index contributed by atoms with van der Waals surface area (Å²) in [4.78, 5) is 14.6. The minimum Gasteiger partial charge on any atom is -0.497 e. The molecule has 5 heteroatoms. The van der Waals surface area contributed by atoms with Gasteiger partial charge in [-0.25, -0.2) is 0 Å². The van der Waals surface area contributed by atoms with Crippen LogP contribution in [-0.4, -0.2) is 56.8 Å². The van der Waals surface area contributed by atoms with Gasteiger partial charge in [0.2, 0.25) is 5.91 Å². The highest BCUT2D eigenvalue weighted by atomic mass is 16.5. The fraction of sp³-hybridized carbons (Fsp3) is 0.611. The largest absolute Gasteiger partial charge is 0.497 e. The van der Waals surface area contributed by atoms with Crippen molar-refractivity contribution in [2.45, 2.75) is 26.3 Å². The molecule has 5 nitrogen and oxygen atoms in total. The Morgan fingerprint density at radius 2 is 2.09 bits per heavy atom. The van der Waals surface area contributed by atoms with E-state index in [0.29, 0.717) is 24.9 Å². The van der Waals surface area contributed by atoms with Crippen LogP contribution in [0.1, 0.15) is 19.4 Å². The number of morpholine rings is 1. The monoisotopic (exact) mass is 320 g/mol. The summed E-state index contributed by atoms with van der Waals surface area (Å²) in [5, 5.41) is 3.09. The Bertz CT molecular complexity index is 499. The third-order valence-corrected chi connectivity index (χ3v) is 4.29. The lowest BCUT2D eigenvalue weighted by molar-refractivity contribution is -0.120. The lowest BCUT2D eigenvalue weighted by atomic mass is 10.0. The van der Waals surface area contributed by atoms with Gasteiger partial charge in [-0.05, 0) is 23.6 Å². The summed E-state index contributed by atoms with van der Waals surface area (Å²) < 4.78 is 10.6. The third kappa shape index (κ3) is 5.52. The molecule has 128 valence electrons. The molecule has 1 aliphatic rings. The minimum atomic E-state index is 0.0529. The summed E-state index contributed by atoms with van der Waals surface area (Å²) in [6, 6.07) is 8.00. The fourth-order valence-corrected chi connectivity index (χ4v) is 2.94. The first-order valence-corrected chi connectivity index (χ1v) is 8.31. The zero-order valence-electron chi connectivity index (χ0n) is 14.4. The van der Waals surface area contributed by atoms with Crippen LogP contribution in [0.2, 0.25) is 0 Å². The molecule has 1 N–H and O–H groups in total. The molecule has 0 aliphatic carbocycles. The van der Waals surface area contributed by atoms with Gasteiger partial charge in [-0.1, -0.05) is 26.0 Å². The molecule has 1 aromatic rings. The van der Waals surface area contributed by atoms with Crippen LogP contribution < -0.4 is 10.1 Å². The SMILES string of the molecule is COc1cccc(CC(=O)NC[C@@H](C(C)C)N2CCOCC2)c1. The van der Waals surface area contributed by atoms with Gasteiger partial charge in [-0.15, -0.1) is 0 Å². The number of rotatable bonds is 7. The number of amides is 1. The van der Waals surface area contributed by atoms with E-state index >= 15 is 0 Å². The second kappa shape index (κ2) is 8.89. The van der Waals surface area contributed by atoms with Gasteiger partial charge in [0.25, 0.3) is 0 Å². The molecule has 0 bridgehead atoms. The highest BCUT2D eigenvalue weighted by Gasteiger charge is 2.24. The van der Waals surface area contributed by atoms with Gasteiger partial charge in [0.05, 0.1) is 26.7 Å². The highest BCUT2D eigenvalue weighted by molar-refractivity contribution is 5.78. The Morgan fingerprint density at radius 1 is 1.35 bits per heavy atom. The van der Waals surface area contributed by atoms with Crippen LogP contribution in [0, 0.1) is 5.92 Å². The molecule has 0 aromatic heterocycles. The molecule has 0 radical (unpaired) electrons. The molecule has 1 atom stereocenters. The van der Waals surface area contributed by atoms with Crippen LogP contribution in [0.4, 0.5) is 0 Å². The van der Waals surface area contributed by atoms with Crippen LogP contribution in [0.5, 0.6) is 5.75 Å². The van der Waals surface area contributed by atoms with Crippen molar-refractivity contribution in [3.05, 3.63) is 29.8 Å². The molecular formula is C18H28N2O3. The number of nitrogens with zero attached hydrogens (tertiary/aromatic N) is 1. The van der Waals surface area contributed by atoms with Crippen molar-refractivity contribution in [3.8, 4) is 5.75 Å². The third-order valence-electron chi connectivity index (χ3n) is 4.29. The Balaban J connectivity index is 1.85. The first-order chi connectivity index (χ1) is 11.1. The fourth-order valence-electron chi connectivity index (χ4n) is 2.94. The number of carbonyl (C=O) groups is 1. The maximum Gasteiger partial charge on any atom is 0.224 e. The van der Waals surface area contributed by atoms with E-state index in [0.717, 1.165) is 37.6 Å². The molecule has 1 aromatic carbocycles. The van der Waals surface area contributed by atoms with Crippen molar-refractivity contribution in [1.29, 1.82) is 0 Å². The molecule has 0 saturated carbocycles. The average Bonchev–Trinajstić information content (AvgIpc) is 2.56. The number of benzene rings is 1. The van der Waals surface area contributed by atoms with Crippen LogP contribution >= 0.6 is 0 Å². The Labute approximate surface area is 139 Å². The van der Waals surface area contributed by atoms with E-state index in [1.807, 2.05) is 24.3 Å². The lowest BCUT2D eigenvalue weighted by Crippen LogP contribution is -2.51. The van der Waals surface area contributed by atoms with E-state index < -0.39 is 0 Å². The minimum absolute atomic E-state index is 0.0529. The molecule has 1 aliphatic heterocycles. The maximum atomic E-state index is 12.2. The standard InChI is InChI=1S/C18H28N2O3/c1-14(2)17(20-7-9-23-10-8-20)13-19-18(21)12-15-5-4-6-16(11-15)22-3/h4-6,11,14,17H,7-10,12-13H2,1-3H3,(H,19,21)/t17-/m0/s1. The Kier molecular flexibility index (Phi) is 6.86. The van der Waals surface area contributed by atoms with Gasteiger partial charge in [-0.2, -0.15) is 0 Å². The molecule has 23 heavy (non-hydrogen) atoms. The summed E-state index contributed by atoms with van der Waals surface area (Å²) in [7, 11) is 1.63. The highest BCUT2D eigenvalue weighted by Crippen LogP contribution is 2.14. The summed E-state index contributed by atoms with van der Waals surface area (Å²) in [5.41, 5.74) is 0.967. The number of ether oxygens (including phenoxy) is 2. The van der Waals surface area contributed by atoms with Crippen LogP contribution in [0.3, 0.4) is 0 Å². The predicted octanol–water partition coefficient (Wildman–Crippen LogP) is 1.71. The number of methoxy groups -OCH3 is 1. The second-order valence-corrected chi connectivity index (χ2v) is 6.29. The summed E-state index contributed by atoms with van der Waals surface area (Å²) in [6.45, 7) is 8.52. The van der Waals surface area contributed by atoms with Gasteiger partial charge in [-0.3, -0.25) is 9.69 Å². The molecule has 0 unspecified atom stereocenters. The normalized spacial score (nSPS) is 17.0.